The summed E-state index contributed by atoms with van der Waals surface area (Å²) in [6.07, 6.45) is 0. The van der Waals surface area contributed by atoms with Crippen molar-refractivity contribution in [3.8, 4) is 5.75 Å². The van der Waals surface area contributed by atoms with Gasteiger partial charge in [0.05, 0.1) is 13.7 Å². The summed E-state index contributed by atoms with van der Waals surface area (Å²) >= 11 is 0. The lowest BCUT2D eigenvalue weighted by molar-refractivity contribution is 0.348. The van der Waals surface area contributed by atoms with Gasteiger partial charge in [0, 0.05) is 11.6 Å². The number of rotatable bonds is 2. The maximum atomic E-state index is 13.1. The van der Waals surface area contributed by atoms with Gasteiger partial charge in [-0.1, -0.05) is 0 Å². The molecule has 1 aliphatic rings. The van der Waals surface area contributed by atoms with Gasteiger partial charge in [-0.15, -0.1) is 0 Å². The second kappa shape index (κ2) is 3.65. The molecule has 0 atom stereocenters. The van der Waals surface area contributed by atoms with Gasteiger partial charge in [-0.05, 0) is 12.1 Å². The largest absolute Gasteiger partial charge is 0.497 e. The first-order valence-electron chi connectivity index (χ1n) is 4.32. The zero-order valence-corrected chi connectivity index (χ0v) is 7.79. The normalized spacial score (nSPS) is 14.9. The summed E-state index contributed by atoms with van der Waals surface area (Å²) in [5.74, 6) is 0.610. The molecular formula is C10H10FNO2. The van der Waals surface area contributed by atoms with Crippen molar-refractivity contribution < 1.29 is 13.9 Å². The van der Waals surface area contributed by atoms with Gasteiger partial charge in [0.25, 0.3) is 0 Å². The molecule has 1 aromatic rings. The molecule has 0 unspecified atom stereocenters. The SMILES string of the molecule is COc1cc(F)cc(C2=NCCO2)c1. The summed E-state index contributed by atoms with van der Waals surface area (Å²) in [5.41, 5.74) is 0.624. The minimum Gasteiger partial charge on any atom is -0.497 e. The van der Waals surface area contributed by atoms with Crippen molar-refractivity contribution in [3.05, 3.63) is 29.6 Å². The van der Waals surface area contributed by atoms with E-state index >= 15 is 0 Å². The molecule has 0 amide bonds. The first kappa shape index (κ1) is 8.99. The number of ether oxygens (including phenoxy) is 2. The lowest BCUT2D eigenvalue weighted by Gasteiger charge is -2.04. The van der Waals surface area contributed by atoms with Gasteiger partial charge in [0.1, 0.15) is 18.2 Å². The van der Waals surface area contributed by atoms with Crippen LogP contribution in [-0.4, -0.2) is 26.2 Å². The molecule has 4 heteroatoms. The van der Waals surface area contributed by atoms with Gasteiger partial charge in [0.15, 0.2) is 0 Å². The van der Waals surface area contributed by atoms with Gasteiger partial charge < -0.3 is 9.47 Å². The molecule has 1 aromatic carbocycles. The smallest absolute Gasteiger partial charge is 0.216 e. The summed E-state index contributed by atoms with van der Waals surface area (Å²) < 4.78 is 23.2. The van der Waals surface area contributed by atoms with Crippen molar-refractivity contribution in [1.29, 1.82) is 0 Å². The highest BCUT2D eigenvalue weighted by Gasteiger charge is 2.12. The van der Waals surface area contributed by atoms with Crippen LogP contribution in [0.15, 0.2) is 23.2 Å². The third kappa shape index (κ3) is 1.69. The lowest BCUT2D eigenvalue weighted by Crippen LogP contribution is -2.02. The van der Waals surface area contributed by atoms with E-state index in [4.69, 9.17) is 9.47 Å². The monoisotopic (exact) mass is 195 g/mol. The Morgan fingerprint density at radius 2 is 2.29 bits per heavy atom. The summed E-state index contributed by atoms with van der Waals surface area (Å²) in [6, 6.07) is 4.40. The fraction of sp³-hybridized carbons (Fsp3) is 0.300. The molecule has 1 aliphatic heterocycles. The molecular weight excluding hydrogens is 185 g/mol. The number of hydrogen-bond donors (Lipinski definition) is 0. The van der Waals surface area contributed by atoms with Gasteiger partial charge in [-0.25, -0.2) is 9.38 Å². The van der Waals surface area contributed by atoms with Crippen molar-refractivity contribution in [2.24, 2.45) is 4.99 Å². The average Bonchev–Trinajstić information content (AvgIpc) is 2.69. The first-order chi connectivity index (χ1) is 6.79. The van der Waals surface area contributed by atoms with Crippen LogP contribution in [0.4, 0.5) is 4.39 Å². The van der Waals surface area contributed by atoms with Crippen LogP contribution in [-0.2, 0) is 4.74 Å². The van der Waals surface area contributed by atoms with Gasteiger partial charge in [-0.2, -0.15) is 0 Å². The molecule has 1 heterocycles. The number of halogens is 1. The molecule has 0 spiro atoms. The Labute approximate surface area is 81.2 Å². The standard InChI is InChI=1S/C10H10FNO2/c1-13-9-5-7(4-8(11)6-9)10-12-2-3-14-10/h4-6H,2-3H2,1H3. The van der Waals surface area contributed by atoms with E-state index in [1.165, 1.54) is 19.2 Å². The second-order valence-electron chi connectivity index (χ2n) is 2.92. The molecule has 74 valence electrons. The topological polar surface area (TPSA) is 30.8 Å². The fourth-order valence-corrected chi connectivity index (χ4v) is 1.31. The van der Waals surface area contributed by atoms with Crippen molar-refractivity contribution in [2.75, 3.05) is 20.3 Å². The van der Waals surface area contributed by atoms with Crippen LogP contribution in [0, 0.1) is 5.82 Å². The summed E-state index contributed by atoms with van der Waals surface area (Å²) in [6.45, 7) is 1.20. The highest BCUT2D eigenvalue weighted by Crippen LogP contribution is 2.18. The fourth-order valence-electron chi connectivity index (χ4n) is 1.31. The predicted molar refractivity (Wildman–Crippen MR) is 50.3 cm³/mol. The molecule has 0 aromatic heterocycles. The van der Waals surface area contributed by atoms with Crippen LogP contribution in [0.2, 0.25) is 0 Å². The second-order valence-corrected chi connectivity index (χ2v) is 2.92. The lowest BCUT2D eigenvalue weighted by atomic mass is 10.2. The third-order valence-electron chi connectivity index (χ3n) is 1.94. The van der Waals surface area contributed by atoms with Gasteiger partial charge in [0.2, 0.25) is 5.90 Å². The maximum absolute atomic E-state index is 13.1. The highest BCUT2D eigenvalue weighted by atomic mass is 19.1. The molecule has 14 heavy (non-hydrogen) atoms. The number of hydrogen-bond acceptors (Lipinski definition) is 3. The molecule has 0 saturated heterocycles. The quantitative estimate of drug-likeness (QED) is 0.717. The number of methoxy groups -OCH3 is 1. The van der Waals surface area contributed by atoms with Crippen molar-refractivity contribution in [1.82, 2.24) is 0 Å². The molecule has 2 rings (SSSR count). The summed E-state index contributed by atoms with van der Waals surface area (Å²) in [7, 11) is 1.50. The van der Waals surface area contributed by atoms with E-state index in [2.05, 4.69) is 4.99 Å². The molecule has 0 radical (unpaired) electrons. The van der Waals surface area contributed by atoms with E-state index in [9.17, 15) is 4.39 Å². The van der Waals surface area contributed by atoms with Crippen LogP contribution in [0.5, 0.6) is 5.75 Å². The van der Waals surface area contributed by atoms with Gasteiger partial charge >= 0.3 is 0 Å². The van der Waals surface area contributed by atoms with E-state index in [1.807, 2.05) is 0 Å². The molecule has 3 nitrogen and oxygen atoms in total. The van der Waals surface area contributed by atoms with E-state index in [-0.39, 0.29) is 5.82 Å². The number of benzene rings is 1. The minimum absolute atomic E-state index is 0.349. The molecule has 0 N–H and O–H groups in total. The maximum Gasteiger partial charge on any atom is 0.216 e. The van der Waals surface area contributed by atoms with E-state index in [0.717, 1.165) is 0 Å². The van der Waals surface area contributed by atoms with Crippen LogP contribution < -0.4 is 4.74 Å². The van der Waals surface area contributed by atoms with Crippen molar-refractivity contribution in [3.63, 3.8) is 0 Å². The first-order valence-corrected chi connectivity index (χ1v) is 4.32. The Kier molecular flexibility index (Phi) is 2.35. The van der Waals surface area contributed by atoms with Crippen LogP contribution in [0.3, 0.4) is 0 Å². The van der Waals surface area contributed by atoms with Crippen LogP contribution in [0.1, 0.15) is 5.56 Å². The molecule has 0 aliphatic carbocycles. The molecule has 0 fully saturated rings. The van der Waals surface area contributed by atoms with Crippen molar-refractivity contribution >= 4 is 5.90 Å². The van der Waals surface area contributed by atoms with E-state index in [1.54, 1.807) is 6.07 Å². The van der Waals surface area contributed by atoms with E-state index in [0.29, 0.717) is 30.4 Å². The Balaban J connectivity index is 2.37. The average molecular weight is 195 g/mol. The van der Waals surface area contributed by atoms with Crippen molar-refractivity contribution in [2.45, 2.75) is 0 Å². The Morgan fingerprint density at radius 3 is 2.93 bits per heavy atom. The zero-order chi connectivity index (χ0) is 9.97. The van der Waals surface area contributed by atoms with E-state index < -0.39 is 0 Å². The summed E-state index contributed by atoms with van der Waals surface area (Å²) in [5, 5.41) is 0. The Hall–Kier alpha value is -1.58. The van der Waals surface area contributed by atoms with Gasteiger partial charge in [-0.3, -0.25) is 0 Å². The van der Waals surface area contributed by atoms with Crippen LogP contribution >= 0.6 is 0 Å². The Bertz CT molecular complexity index is 376. The predicted octanol–water partition coefficient (Wildman–Crippen LogP) is 1.61. The number of aliphatic imine (C=N–C) groups is 1. The minimum atomic E-state index is -0.349. The third-order valence-corrected chi connectivity index (χ3v) is 1.94. The molecule has 0 saturated carbocycles. The number of nitrogens with zero attached hydrogens (tertiary/aromatic N) is 1. The highest BCUT2D eigenvalue weighted by molar-refractivity contribution is 5.95. The summed E-state index contributed by atoms with van der Waals surface area (Å²) in [4.78, 5) is 4.09. The zero-order valence-electron chi connectivity index (χ0n) is 7.79. The van der Waals surface area contributed by atoms with Crippen LogP contribution in [0.25, 0.3) is 0 Å². The Morgan fingerprint density at radius 1 is 1.43 bits per heavy atom. The molecule has 0 bridgehead atoms.